The number of fused-ring (bicyclic) bond motifs is 1. The van der Waals surface area contributed by atoms with Crippen molar-refractivity contribution in [2.75, 3.05) is 13.1 Å². The molecule has 4 rings (SSSR count). The molecule has 4 heterocycles. The highest BCUT2D eigenvalue weighted by Gasteiger charge is 2.31. The van der Waals surface area contributed by atoms with E-state index in [1.165, 1.54) is 0 Å². The van der Waals surface area contributed by atoms with Gasteiger partial charge in [0.05, 0.1) is 22.6 Å². The van der Waals surface area contributed by atoms with Crippen molar-refractivity contribution in [3.8, 4) is 11.3 Å². The fourth-order valence-electron chi connectivity index (χ4n) is 4.03. The maximum absolute atomic E-state index is 12.8. The molecule has 1 saturated heterocycles. The molecule has 0 bridgehead atoms. The first kappa shape index (κ1) is 18.7. The summed E-state index contributed by atoms with van der Waals surface area (Å²) in [6.07, 6.45) is 4.69. The zero-order valence-corrected chi connectivity index (χ0v) is 17.0. The van der Waals surface area contributed by atoms with Crippen molar-refractivity contribution in [2.45, 2.75) is 52.9 Å². The maximum atomic E-state index is 12.8. The van der Waals surface area contributed by atoms with Crippen LogP contribution < -0.4 is 0 Å². The van der Waals surface area contributed by atoms with Crippen LogP contribution in [0.2, 0.25) is 0 Å². The molecule has 28 heavy (non-hydrogen) atoms. The molecule has 7 nitrogen and oxygen atoms in total. The van der Waals surface area contributed by atoms with Gasteiger partial charge in [-0.1, -0.05) is 19.0 Å². The molecule has 3 aromatic rings. The Balaban J connectivity index is 1.78. The molecular formula is C21H27N5O2. The second-order valence-corrected chi connectivity index (χ2v) is 7.88. The smallest absolute Gasteiger partial charge is 0.225 e. The number of rotatable bonds is 4. The van der Waals surface area contributed by atoms with Crippen molar-refractivity contribution in [3.63, 3.8) is 0 Å². The fourth-order valence-corrected chi connectivity index (χ4v) is 4.03. The largest absolute Gasteiger partial charge is 0.356 e. The lowest BCUT2D eigenvalue weighted by molar-refractivity contribution is -0.136. The van der Waals surface area contributed by atoms with Crippen molar-refractivity contribution in [2.24, 2.45) is 5.92 Å². The minimum atomic E-state index is 0.0551. The molecule has 0 N–H and O–H groups in total. The number of carbonyl (C=O) groups is 1. The third-order valence-corrected chi connectivity index (χ3v) is 5.69. The predicted octanol–water partition coefficient (Wildman–Crippen LogP) is 3.75. The van der Waals surface area contributed by atoms with Crippen LogP contribution in [-0.4, -0.2) is 43.7 Å². The molecule has 0 spiro atoms. The second-order valence-electron chi connectivity index (χ2n) is 7.88. The molecule has 0 unspecified atom stereocenters. The van der Waals surface area contributed by atoms with Crippen LogP contribution in [0.4, 0.5) is 0 Å². The topological polar surface area (TPSA) is 76.5 Å². The van der Waals surface area contributed by atoms with Crippen LogP contribution in [-0.2, 0) is 4.79 Å². The predicted molar refractivity (Wildman–Crippen MR) is 106 cm³/mol. The summed E-state index contributed by atoms with van der Waals surface area (Å²) in [6.45, 7) is 9.47. The van der Waals surface area contributed by atoms with Crippen molar-refractivity contribution in [3.05, 3.63) is 35.4 Å². The van der Waals surface area contributed by atoms with Gasteiger partial charge in [0, 0.05) is 43.3 Å². The average Bonchev–Trinajstić information content (AvgIpc) is 3.30. The maximum Gasteiger partial charge on any atom is 0.225 e. The van der Waals surface area contributed by atoms with E-state index in [-0.39, 0.29) is 17.7 Å². The summed E-state index contributed by atoms with van der Waals surface area (Å²) in [4.78, 5) is 19.4. The molecule has 3 aromatic heterocycles. The van der Waals surface area contributed by atoms with E-state index in [1.807, 2.05) is 48.5 Å². The van der Waals surface area contributed by atoms with Gasteiger partial charge in [0.25, 0.3) is 0 Å². The van der Waals surface area contributed by atoms with E-state index in [0.717, 1.165) is 54.1 Å². The fraction of sp³-hybridized carbons (Fsp3) is 0.524. The molecule has 0 aromatic carbocycles. The Morgan fingerprint density at radius 3 is 2.86 bits per heavy atom. The second kappa shape index (κ2) is 7.37. The van der Waals surface area contributed by atoms with Gasteiger partial charge >= 0.3 is 0 Å². The highest BCUT2D eigenvalue weighted by Crippen LogP contribution is 2.35. The summed E-state index contributed by atoms with van der Waals surface area (Å²) in [7, 11) is 0. The minimum absolute atomic E-state index is 0.0551. The van der Waals surface area contributed by atoms with Crippen LogP contribution in [0.15, 0.2) is 22.9 Å². The monoisotopic (exact) mass is 381 g/mol. The Hall–Kier alpha value is -2.70. The summed E-state index contributed by atoms with van der Waals surface area (Å²) >= 11 is 0. The van der Waals surface area contributed by atoms with Gasteiger partial charge in [-0.05, 0) is 33.1 Å². The summed E-state index contributed by atoms with van der Waals surface area (Å²) in [5.41, 5.74) is 4.52. The number of carbonyl (C=O) groups excluding carboxylic acids is 1. The van der Waals surface area contributed by atoms with Gasteiger partial charge in [-0.3, -0.25) is 4.79 Å². The molecule has 148 valence electrons. The first-order valence-electron chi connectivity index (χ1n) is 10.1. The van der Waals surface area contributed by atoms with Crippen LogP contribution in [0.5, 0.6) is 0 Å². The number of amides is 1. The number of nitrogens with zero attached hydrogens (tertiary/aromatic N) is 5. The van der Waals surface area contributed by atoms with Crippen molar-refractivity contribution in [1.82, 2.24) is 24.7 Å². The lowest BCUT2D eigenvalue weighted by Gasteiger charge is -2.35. The zero-order valence-electron chi connectivity index (χ0n) is 17.0. The van der Waals surface area contributed by atoms with Crippen LogP contribution in [0.3, 0.4) is 0 Å². The lowest BCUT2D eigenvalue weighted by Crippen LogP contribution is -2.42. The summed E-state index contributed by atoms with van der Waals surface area (Å²) in [5.74, 6) is 1.16. The van der Waals surface area contributed by atoms with E-state index in [2.05, 4.69) is 17.1 Å². The Kier molecular flexibility index (Phi) is 4.91. The third kappa shape index (κ3) is 3.30. The lowest BCUT2D eigenvalue weighted by atomic mass is 9.90. The van der Waals surface area contributed by atoms with E-state index in [9.17, 15) is 4.79 Å². The molecule has 0 aliphatic carbocycles. The molecule has 1 aliphatic rings. The number of hydrogen-bond donors (Lipinski definition) is 0. The molecule has 1 amide bonds. The van der Waals surface area contributed by atoms with Gasteiger partial charge in [0.1, 0.15) is 0 Å². The molecule has 7 heteroatoms. The standard InChI is InChI=1S/C21H27N5O2/c1-5-13(2)21(27)25-8-6-7-16(12-25)20-17(18-9-15(4)24-28-18)11-22-19-10-14(3)23-26(19)20/h9-11,13,16H,5-8,12H2,1-4H3/t13-,16+/m0/s1. The number of hydrogen-bond acceptors (Lipinski definition) is 5. The number of aromatic nitrogens is 4. The first-order chi connectivity index (χ1) is 13.5. The molecule has 1 fully saturated rings. The SMILES string of the molecule is CC[C@H](C)C(=O)N1CCC[C@@H](c2c(-c3cc(C)no3)cnc3cc(C)nn23)C1. The quantitative estimate of drug-likeness (QED) is 0.688. The Bertz CT molecular complexity index is 1010. The third-order valence-electron chi connectivity index (χ3n) is 5.69. The highest BCUT2D eigenvalue weighted by atomic mass is 16.5. The molecule has 0 radical (unpaired) electrons. The van der Waals surface area contributed by atoms with E-state index >= 15 is 0 Å². The number of likely N-dealkylation sites (tertiary alicyclic amines) is 1. The van der Waals surface area contributed by atoms with Gasteiger partial charge < -0.3 is 9.42 Å². The Labute approximate surface area is 164 Å². The molecule has 0 saturated carbocycles. The zero-order chi connectivity index (χ0) is 19.8. The van der Waals surface area contributed by atoms with Crippen LogP contribution >= 0.6 is 0 Å². The van der Waals surface area contributed by atoms with E-state index in [0.29, 0.717) is 12.3 Å². The van der Waals surface area contributed by atoms with Gasteiger partial charge in [-0.2, -0.15) is 5.10 Å². The molecule has 1 aliphatic heterocycles. The summed E-state index contributed by atoms with van der Waals surface area (Å²) < 4.78 is 7.48. The van der Waals surface area contributed by atoms with Crippen LogP contribution in [0.1, 0.15) is 56.1 Å². The van der Waals surface area contributed by atoms with E-state index < -0.39 is 0 Å². The van der Waals surface area contributed by atoms with E-state index in [4.69, 9.17) is 9.62 Å². The Morgan fingerprint density at radius 2 is 2.14 bits per heavy atom. The van der Waals surface area contributed by atoms with Gasteiger partial charge in [-0.25, -0.2) is 9.50 Å². The molecular weight excluding hydrogens is 354 g/mol. The minimum Gasteiger partial charge on any atom is -0.356 e. The van der Waals surface area contributed by atoms with Crippen molar-refractivity contribution < 1.29 is 9.32 Å². The number of piperidine rings is 1. The van der Waals surface area contributed by atoms with Crippen molar-refractivity contribution in [1.29, 1.82) is 0 Å². The summed E-state index contributed by atoms with van der Waals surface area (Å²) in [6, 6.07) is 3.90. The average molecular weight is 381 g/mol. The van der Waals surface area contributed by atoms with Crippen LogP contribution in [0, 0.1) is 19.8 Å². The van der Waals surface area contributed by atoms with Gasteiger partial charge in [0.2, 0.25) is 5.91 Å². The van der Waals surface area contributed by atoms with Gasteiger partial charge in [0.15, 0.2) is 11.4 Å². The number of aryl methyl sites for hydroxylation is 2. The van der Waals surface area contributed by atoms with Crippen molar-refractivity contribution >= 4 is 11.6 Å². The van der Waals surface area contributed by atoms with Crippen LogP contribution in [0.25, 0.3) is 17.0 Å². The van der Waals surface area contributed by atoms with E-state index in [1.54, 1.807) is 0 Å². The normalized spacial score (nSPS) is 18.6. The molecule has 2 atom stereocenters. The highest BCUT2D eigenvalue weighted by molar-refractivity contribution is 5.78. The summed E-state index contributed by atoms with van der Waals surface area (Å²) in [5, 5.41) is 8.74. The Morgan fingerprint density at radius 1 is 1.32 bits per heavy atom. The van der Waals surface area contributed by atoms with Gasteiger partial charge in [-0.15, -0.1) is 0 Å². The first-order valence-corrected chi connectivity index (χ1v) is 10.1.